The topological polar surface area (TPSA) is 43.4 Å². The quantitative estimate of drug-likeness (QED) is 0.641. The highest BCUT2D eigenvalue weighted by Crippen LogP contribution is 2.20. The van der Waals surface area contributed by atoms with E-state index < -0.39 is 0 Å². The largest absolute Gasteiger partial charge is 0.497 e. The summed E-state index contributed by atoms with van der Waals surface area (Å²) in [6.45, 7) is 0.733. The first-order valence-corrected chi connectivity index (χ1v) is 5.38. The zero-order valence-electron chi connectivity index (χ0n) is 9.26. The van der Waals surface area contributed by atoms with Gasteiger partial charge in [0.05, 0.1) is 12.7 Å². The fourth-order valence-electron chi connectivity index (χ4n) is 1.65. The first kappa shape index (κ1) is 11.3. The Balaban J connectivity index is 0.000000153. The van der Waals surface area contributed by atoms with Gasteiger partial charge in [-0.2, -0.15) is 0 Å². The molecule has 0 saturated heterocycles. The maximum absolute atomic E-state index is 11.1. The molecule has 0 aromatic heterocycles. The Morgan fingerprint density at radius 3 is 1.94 bits per heavy atom. The summed E-state index contributed by atoms with van der Waals surface area (Å²) in [5.41, 5.74) is 1.16. The monoisotopic (exact) mass is 228 g/mol. The molecule has 17 heavy (non-hydrogen) atoms. The van der Waals surface area contributed by atoms with Gasteiger partial charge >= 0.3 is 0 Å². The molecule has 3 heteroatoms. The lowest BCUT2D eigenvalue weighted by molar-refractivity contribution is 0.0923. The van der Waals surface area contributed by atoms with Crippen LogP contribution in [0.15, 0.2) is 48.8 Å². The van der Waals surface area contributed by atoms with Crippen molar-refractivity contribution in [1.82, 2.24) is 0 Å². The van der Waals surface area contributed by atoms with E-state index in [9.17, 15) is 9.59 Å². The Bertz CT molecular complexity index is 453. The fraction of sp³-hybridized carbons (Fsp3) is 0.143. The van der Waals surface area contributed by atoms with Crippen LogP contribution in [0, 0.1) is 0 Å². The van der Waals surface area contributed by atoms with Crippen molar-refractivity contribution in [2.24, 2.45) is 0 Å². The summed E-state index contributed by atoms with van der Waals surface area (Å²) < 4.78 is 4.80. The molecule has 0 N–H and O–H groups in total. The summed E-state index contributed by atoms with van der Waals surface area (Å²) in [7, 11) is 0. The third kappa shape index (κ3) is 2.69. The average Bonchev–Trinajstić information content (AvgIpc) is 2.69. The zero-order valence-corrected chi connectivity index (χ0v) is 9.26. The van der Waals surface area contributed by atoms with E-state index in [0.717, 1.165) is 6.61 Å². The Morgan fingerprint density at radius 2 is 1.59 bits per heavy atom. The molecule has 0 radical (unpaired) electrons. The van der Waals surface area contributed by atoms with Gasteiger partial charge in [0.25, 0.3) is 0 Å². The van der Waals surface area contributed by atoms with Gasteiger partial charge in [0.2, 0.25) is 0 Å². The highest BCUT2D eigenvalue weighted by Gasteiger charge is 2.25. The minimum atomic E-state index is -0.0504. The van der Waals surface area contributed by atoms with E-state index in [0.29, 0.717) is 11.1 Å². The molecule has 0 amide bonds. The van der Waals surface area contributed by atoms with Gasteiger partial charge in [-0.15, -0.1) is 0 Å². The molecule has 86 valence electrons. The number of ether oxygens (including phenoxy) is 1. The van der Waals surface area contributed by atoms with Crippen LogP contribution in [-0.4, -0.2) is 18.2 Å². The van der Waals surface area contributed by atoms with Crippen molar-refractivity contribution in [3.63, 3.8) is 0 Å². The first-order valence-electron chi connectivity index (χ1n) is 5.38. The van der Waals surface area contributed by atoms with Gasteiger partial charge in [0.1, 0.15) is 6.61 Å². The second kappa shape index (κ2) is 5.25. The summed E-state index contributed by atoms with van der Waals surface area (Å²) in [5, 5.41) is 0. The number of carbonyl (C=O) groups is 2. The summed E-state index contributed by atoms with van der Waals surface area (Å²) in [6, 6.07) is 6.94. The second-order valence-corrected chi connectivity index (χ2v) is 3.66. The molecule has 0 atom stereocenters. The Morgan fingerprint density at radius 1 is 0.941 bits per heavy atom. The molecule has 1 aromatic carbocycles. The van der Waals surface area contributed by atoms with Crippen molar-refractivity contribution in [3.8, 4) is 0 Å². The van der Waals surface area contributed by atoms with Gasteiger partial charge in [-0.1, -0.05) is 30.3 Å². The van der Waals surface area contributed by atoms with Gasteiger partial charge in [-0.05, 0) is 12.2 Å². The van der Waals surface area contributed by atoms with Crippen molar-refractivity contribution in [3.05, 3.63) is 59.9 Å². The molecule has 0 bridgehead atoms. The van der Waals surface area contributed by atoms with Gasteiger partial charge in [0.15, 0.2) is 11.6 Å². The fourth-order valence-corrected chi connectivity index (χ4v) is 1.65. The van der Waals surface area contributed by atoms with E-state index in [1.807, 2.05) is 18.2 Å². The zero-order chi connectivity index (χ0) is 12.1. The van der Waals surface area contributed by atoms with Crippen molar-refractivity contribution in [1.29, 1.82) is 0 Å². The molecular formula is C14H12O3. The summed E-state index contributed by atoms with van der Waals surface area (Å²) >= 11 is 0. The molecule has 0 saturated carbocycles. The van der Waals surface area contributed by atoms with E-state index in [1.165, 1.54) is 0 Å². The van der Waals surface area contributed by atoms with Gasteiger partial charge in [-0.3, -0.25) is 9.59 Å². The molecule has 2 aliphatic rings. The van der Waals surface area contributed by atoms with Crippen molar-refractivity contribution in [2.45, 2.75) is 6.42 Å². The van der Waals surface area contributed by atoms with E-state index >= 15 is 0 Å². The Kier molecular flexibility index (Phi) is 3.50. The van der Waals surface area contributed by atoms with Crippen LogP contribution < -0.4 is 0 Å². The molecule has 0 spiro atoms. The molecule has 1 aliphatic heterocycles. The number of Topliss-reactive ketones (excluding diaryl/α,β-unsaturated/α-hetero) is 2. The molecule has 3 rings (SSSR count). The third-order valence-electron chi connectivity index (χ3n) is 2.46. The predicted octanol–water partition coefficient (Wildman–Crippen LogP) is 2.54. The average molecular weight is 228 g/mol. The minimum absolute atomic E-state index is 0.0504. The van der Waals surface area contributed by atoms with Crippen LogP contribution in [0.3, 0.4) is 0 Å². The molecule has 1 aromatic rings. The van der Waals surface area contributed by atoms with E-state index in [2.05, 4.69) is 0 Å². The Hall–Kier alpha value is -2.16. The number of ketones is 2. The van der Waals surface area contributed by atoms with Gasteiger partial charge < -0.3 is 4.74 Å². The first-order chi connectivity index (χ1) is 8.29. The third-order valence-corrected chi connectivity index (χ3v) is 2.46. The van der Waals surface area contributed by atoms with Crippen molar-refractivity contribution < 1.29 is 14.3 Å². The molecular weight excluding hydrogens is 216 g/mol. The van der Waals surface area contributed by atoms with Crippen LogP contribution in [0.2, 0.25) is 0 Å². The smallest absolute Gasteiger partial charge is 0.171 e. The molecule has 1 aliphatic carbocycles. The number of hydrogen-bond acceptors (Lipinski definition) is 3. The normalized spacial score (nSPS) is 16.0. The second-order valence-electron chi connectivity index (χ2n) is 3.66. The van der Waals surface area contributed by atoms with E-state index in [-0.39, 0.29) is 18.0 Å². The number of rotatable bonds is 0. The molecule has 0 fully saturated rings. The molecule has 1 heterocycles. The molecule has 3 nitrogen and oxygen atoms in total. The lowest BCUT2D eigenvalue weighted by atomic mass is 10.1. The van der Waals surface area contributed by atoms with Gasteiger partial charge in [0, 0.05) is 11.1 Å². The van der Waals surface area contributed by atoms with E-state index in [4.69, 9.17) is 4.74 Å². The maximum atomic E-state index is 11.1. The SMILES string of the molecule is C1=CCOC=C1.O=C1CC(=O)c2ccccc21. The highest BCUT2D eigenvalue weighted by atomic mass is 16.5. The number of carbonyl (C=O) groups excluding carboxylic acids is 2. The van der Waals surface area contributed by atoms with Crippen LogP contribution >= 0.6 is 0 Å². The van der Waals surface area contributed by atoms with Crippen molar-refractivity contribution in [2.75, 3.05) is 6.61 Å². The highest BCUT2D eigenvalue weighted by molar-refractivity contribution is 6.24. The summed E-state index contributed by atoms with van der Waals surface area (Å²) in [5.74, 6) is -0.101. The van der Waals surface area contributed by atoms with Crippen LogP contribution in [-0.2, 0) is 4.74 Å². The van der Waals surface area contributed by atoms with Crippen LogP contribution in [0.5, 0.6) is 0 Å². The number of fused-ring (bicyclic) bond motifs is 1. The number of allylic oxidation sites excluding steroid dienone is 2. The maximum Gasteiger partial charge on any atom is 0.171 e. The minimum Gasteiger partial charge on any atom is -0.497 e. The number of benzene rings is 1. The van der Waals surface area contributed by atoms with Crippen LogP contribution in [0.4, 0.5) is 0 Å². The van der Waals surface area contributed by atoms with Crippen LogP contribution in [0.1, 0.15) is 27.1 Å². The van der Waals surface area contributed by atoms with Crippen LogP contribution in [0.25, 0.3) is 0 Å². The standard InChI is InChI=1S/C9H6O2.C5H6O/c10-8-5-9(11)7-4-2-1-3-6(7)8;1-2-4-6-5-3-1/h1-4H,5H2;1-4H,5H2. The summed E-state index contributed by atoms with van der Waals surface area (Å²) in [4.78, 5) is 22.1. The lowest BCUT2D eigenvalue weighted by Gasteiger charge is -1.94. The number of hydrogen-bond donors (Lipinski definition) is 0. The predicted molar refractivity (Wildman–Crippen MR) is 64.0 cm³/mol. The summed E-state index contributed by atoms with van der Waals surface area (Å²) in [6.07, 6.45) is 7.52. The van der Waals surface area contributed by atoms with E-state index in [1.54, 1.807) is 30.5 Å². The van der Waals surface area contributed by atoms with Gasteiger partial charge in [-0.25, -0.2) is 0 Å². The van der Waals surface area contributed by atoms with Crippen molar-refractivity contribution >= 4 is 11.6 Å². The Labute approximate surface area is 99.4 Å². The lowest BCUT2D eigenvalue weighted by Crippen LogP contribution is -1.90. The molecule has 0 unspecified atom stereocenters.